The number of benzene rings is 1. The van der Waals surface area contributed by atoms with Gasteiger partial charge in [0.15, 0.2) is 0 Å². The second-order valence-electron chi connectivity index (χ2n) is 3.85. The predicted octanol–water partition coefficient (Wildman–Crippen LogP) is 1.77. The number of nitro groups is 1. The number of para-hydroxylation sites is 1. The van der Waals surface area contributed by atoms with Crippen molar-refractivity contribution in [2.45, 2.75) is 6.92 Å². The number of aromatic carboxylic acids is 1. The molecule has 0 unspecified atom stereocenters. The van der Waals surface area contributed by atoms with Gasteiger partial charge in [0, 0.05) is 26.3 Å². The van der Waals surface area contributed by atoms with Gasteiger partial charge in [0.05, 0.1) is 17.1 Å². The van der Waals surface area contributed by atoms with E-state index in [1.165, 1.54) is 23.1 Å². The molecule has 0 aliphatic rings. The molecule has 1 aromatic rings. The molecular formula is C12H16N2O5. The van der Waals surface area contributed by atoms with Crippen LogP contribution in [0.15, 0.2) is 18.2 Å². The van der Waals surface area contributed by atoms with Crippen LogP contribution in [-0.2, 0) is 4.74 Å². The summed E-state index contributed by atoms with van der Waals surface area (Å²) in [6.45, 7) is 3.13. The van der Waals surface area contributed by atoms with Crippen molar-refractivity contribution in [2.24, 2.45) is 0 Å². The molecule has 0 amide bonds. The third-order valence-electron chi connectivity index (χ3n) is 2.60. The maximum Gasteiger partial charge on any atom is 0.338 e. The maximum absolute atomic E-state index is 11.2. The van der Waals surface area contributed by atoms with Crippen LogP contribution in [-0.4, -0.2) is 42.8 Å². The van der Waals surface area contributed by atoms with Gasteiger partial charge in [-0.1, -0.05) is 6.07 Å². The summed E-state index contributed by atoms with van der Waals surface area (Å²) in [7, 11) is 1.60. The van der Waals surface area contributed by atoms with Gasteiger partial charge < -0.3 is 14.7 Å². The zero-order chi connectivity index (χ0) is 14.4. The van der Waals surface area contributed by atoms with E-state index in [0.717, 1.165) is 0 Å². The van der Waals surface area contributed by atoms with E-state index < -0.39 is 10.9 Å². The van der Waals surface area contributed by atoms with E-state index in [4.69, 9.17) is 9.84 Å². The normalized spacial score (nSPS) is 10.2. The van der Waals surface area contributed by atoms with Crippen molar-refractivity contribution in [2.75, 3.05) is 31.7 Å². The van der Waals surface area contributed by atoms with E-state index in [2.05, 4.69) is 0 Å². The Bertz CT molecular complexity index is 443. The number of carboxylic acid groups (broad SMARTS) is 1. The van der Waals surface area contributed by atoms with E-state index >= 15 is 0 Å². The molecule has 0 saturated heterocycles. The number of carboxylic acids is 1. The smallest absolute Gasteiger partial charge is 0.338 e. The molecule has 7 nitrogen and oxygen atoms in total. The number of ether oxygens (including phenoxy) is 1. The van der Waals surface area contributed by atoms with Crippen molar-refractivity contribution in [1.82, 2.24) is 0 Å². The number of hydrogen-bond acceptors (Lipinski definition) is 5. The highest BCUT2D eigenvalue weighted by atomic mass is 16.6. The van der Waals surface area contributed by atoms with Crippen LogP contribution in [0.4, 0.5) is 11.4 Å². The number of likely N-dealkylation sites (N-methyl/N-ethyl adjacent to an activating group) is 1. The van der Waals surface area contributed by atoms with Gasteiger partial charge >= 0.3 is 5.97 Å². The molecule has 19 heavy (non-hydrogen) atoms. The van der Waals surface area contributed by atoms with Crippen molar-refractivity contribution in [3.05, 3.63) is 33.9 Å². The Morgan fingerprint density at radius 3 is 2.74 bits per heavy atom. The van der Waals surface area contributed by atoms with Gasteiger partial charge in [0.2, 0.25) is 0 Å². The Balaban J connectivity index is 3.13. The van der Waals surface area contributed by atoms with Crippen LogP contribution in [0.5, 0.6) is 0 Å². The highest BCUT2D eigenvalue weighted by Gasteiger charge is 2.24. The molecule has 0 spiro atoms. The number of rotatable bonds is 7. The third-order valence-corrected chi connectivity index (χ3v) is 2.60. The lowest BCUT2D eigenvalue weighted by atomic mass is 10.1. The molecule has 0 fully saturated rings. The summed E-state index contributed by atoms with van der Waals surface area (Å²) in [6, 6.07) is 4.00. The summed E-state index contributed by atoms with van der Waals surface area (Å²) in [4.78, 5) is 23.1. The molecule has 0 heterocycles. The van der Waals surface area contributed by atoms with Crippen LogP contribution >= 0.6 is 0 Å². The number of nitrogens with zero attached hydrogens (tertiary/aromatic N) is 2. The topological polar surface area (TPSA) is 92.9 Å². The molecule has 0 radical (unpaired) electrons. The quantitative estimate of drug-likeness (QED) is 0.460. The Morgan fingerprint density at radius 1 is 1.53 bits per heavy atom. The Labute approximate surface area is 110 Å². The van der Waals surface area contributed by atoms with Crippen molar-refractivity contribution in [3.8, 4) is 0 Å². The van der Waals surface area contributed by atoms with E-state index in [9.17, 15) is 14.9 Å². The summed E-state index contributed by atoms with van der Waals surface area (Å²) in [5.74, 6) is -1.19. The molecule has 104 valence electrons. The minimum Gasteiger partial charge on any atom is -0.478 e. The van der Waals surface area contributed by atoms with E-state index in [1.807, 2.05) is 6.92 Å². The lowest BCUT2D eigenvalue weighted by Crippen LogP contribution is -2.25. The average molecular weight is 268 g/mol. The van der Waals surface area contributed by atoms with Crippen LogP contribution in [0.1, 0.15) is 17.3 Å². The number of anilines is 1. The zero-order valence-corrected chi connectivity index (χ0v) is 10.8. The van der Waals surface area contributed by atoms with Crippen LogP contribution in [0.2, 0.25) is 0 Å². The van der Waals surface area contributed by atoms with Crippen molar-refractivity contribution >= 4 is 17.3 Å². The van der Waals surface area contributed by atoms with Crippen LogP contribution < -0.4 is 4.90 Å². The fraction of sp³-hybridized carbons (Fsp3) is 0.417. The van der Waals surface area contributed by atoms with Gasteiger partial charge in [-0.3, -0.25) is 10.1 Å². The standard InChI is InChI=1S/C12H16N2O5/c1-3-19-8-7-13(2)11-9(12(15)16)5-4-6-10(11)14(17)18/h4-6H,3,7-8H2,1-2H3,(H,15,16). The van der Waals surface area contributed by atoms with Crippen molar-refractivity contribution in [3.63, 3.8) is 0 Å². The number of hydrogen-bond donors (Lipinski definition) is 1. The molecule has 0 saturated carbocycles. The van der Waals surface area contributed by atoms with Crippen molar-refractivity contribution in [1.29, 1.82) is 0 Å². The van der Waals surface area contributed by atoms with Crippen LogP contribution in [0, 0.1) is 10.1 Å². The second-order valence-corrected chi connectivity index (χ2v) is 3.85. The molecule has 1 aromatic carbocycles. The number of carbonyl (C=O) groups is 1. The summed E-state index contributed by atoms with van der Waals surface area (Å²) < 4.78 is 5.17. The maximum atomic E-state index is 11.2. The van der Waals surface area contributed by atoms with Crippen LogP contribution in [0.25, 0.3) is 0 Å². The van der Waals surface area contributed by atoms with E-state index in [1.54, 1.807) is 7.05 Å². The summed E-state index contributed by atoms with van der Waals surface area (Å²) >= 11 is 0. The first-order valence-corrected chi connectivity index (χ1v) is 5.78. The monoisotopic (exact) mass is 268 g/mol. The largest absolute Gasteiger partial charge is 0.478 e. The molecule has 1 N–H and O–H groups in total. The molecule has 0 aromatic heterocycles. The summed E-state index contributed by atoms with van der Waals surface area (Å²) in [5, 5.41) is 20.1. The average Bonchev–Trinajstić information content (AvgIpc) is 2.37. The van der Waals surface area contributed by atoms with Gasteiger partial charge in [-0.25, -0.2) is 4.79 Å². The zero-order valence-electron chi connectivity index (χ0n) is 10.8. The molecule has 0 bridgehead atoms. The van der Waals surface area contributed by atoms with Crippen molar-refractivity contribution < 1.29 is 19.6 Å². The lowest BCUT2D eigenvalue weighted by molar-refractivity contribution is -0.384. The molecular weight excluding hydrogens is 252 g/mol. The van der Waals surface area contributed by atoms with E-state index in [0.29, 0.717) is 19.8 Å². The molecule has 0 aliphatic carbocycles. The first-order chi connectivity index (χ1) is 8.99. The highest BCUT2D eigenvalue weighted by Crippen LogP contribution is 2.31. The van der Waals surface area contributed by atoms with Gasteiger partial charge in [0.1, 0.15) is 5.69 Å². The second kappa shape index (κ2) is 6.69. The Kier molecular flexibility index (Phi) is 5.25. The fourth-order valence-electron chi connectivity index (χ4n) is 1.71. The fourth-order valence-corrected chi connectivity index (χ4v) is 1.71. The van der Waals surface area contributed by atoms with Gasteiger partial charge in [-0.05, 0) is 13.0 Å². The van der Waals surface area contributed by atoms with Crippen LogP contribution in [0.3, 0.4) is 0 Å². The molecule has 0 aliphatic heterocycles. The van der Waals surface area contributed by atoms with Gasteiger partial charge in [-0.15, -0.1) is 0 Å². The number of nitro benzene ring substituents is 1. The molecule has 0 atom stereocenters. The molecule has 7 heteroatoms. The van der Waals surface area contributed by atoms with Gasteiger partial charge in [-0.2, -0.15) is 0 Å². The summed E-state index contributed by atoms with van der Waals surface area (Å²) in [5.41, 5.74) is -0.216. The summed E-state index contributed by atoms with van der Waals surface area (Å²) in [6.07, 6.45) is 0. The first kappa shape index (κ1) is 14.9. The molecule has 1 rings (SSSR count). The third kappa shape index (κ3) is 3.65. The van der Waals surface area contributed by atoms with E-state index in [-0.39, 0.29) is 16.9 Å². The Hall–Kier alpha value is -2.15. The Morgan fingerprint density at radius 2 is 2.21 bits per heavy atom. The van der Waals surface area contributed by atoms with Gasteiger partial charge in [0.25, 0.3) is 5.69 Å². The predicted molar refractivity (Wildman–Crippen MR) is 69.8 cm³/mol. The lowest BCUT2D eigenvalue weighted by Gasteiger charge is -2.20. The minimum atomic E-state index is -1.19. The minimum absolute atomic E-state index is 0.0896. The first-order valence-electron chi connectivity index (χ1n) is 5.78. The highest BCUT2D eigenvalue weighted by molar-refractivity contribution is 5.97. The SMILES string of the molecule is CCOCCN(C)c1c(C(=O)O)cccc1[N+](=O)[O-].